The molecule has 0 saturated carbocycles. The quantitative estimate of drug-likeness (QED) is 0.108. The van der Waals surface area contributed by atoms with Gasteiger partial charge in [0, 0.05) is 51.6 Å². The summed E-state index contributed by atoms with van der Waals surface area (Å²) in [7, 11) is 0. The van der Waals surface area contributed by atoms with Gasteiger partial charge >= 0.3 is 0 Å². The first-order valence-corrected chi connectivity index (χ1v) is 32.6. The Bertz CT molecular complexity index is 3440. The molecule has 9 rings (SSSR count). The molecule has 3 heterocycles. The Hall–Kier alpha value is -7.02. The summed E-state index contributed by atoms with van der Waals surface area (Å²) in [6.45, 7) is 41.1. The molecule has 0 atom stereocenters. The van der Waals surface area contributed by atoms with Crippen LogP contribution < -0.4 is 29.6 Å². The first-order chi connectivity index (χ1) is 42.0. The third-order valence-corrected chi connectivity index (χ3v) is 17.8. The lowest BCUT2D eigenvalue weighted by molar-refractivity contribution is -0.124. The monoisotopic (exact) mass is 1230 g/mol. The van der Waals surface area contributed by atoms with Crippen LogP contribution in [0.15, 0.2) is 72.8 Å². The van der Waals surface area contributed by atoms with E-state index in [1.165, 1.54) is 0 Å². The summed E-state index contributed by atoms with van der Waals surface area (Å²) in [6.07, 6.45) is 1.88. The van der Waals surface area contributed by atoms with Crippen LogP contribution in [0, 0.1) is 0 Å². The van der Waals surface area contributed by atoms with Gasteiger partial charge in [0.15, 0.2) is 13.2 Å². The molecular formula is C78H102N2O10. The van der Waals surface area contributed by atoms with Crippen LogP contribution in [0.4, 0.5) is 0 Å². The maximum Gasteiger partial charge on any atom is 0.258 e. The number of phenols is 2. The highest BCUT2D eigenvalue weighted by atomic mass is 16.6. The maximum atomic E-state index is 14.1. The van der Waals surface area contributed by atoms with E-state index >= 15 is 0 Å². The molecule has 2 amide bonds. The SMILES string of the molecule is CC(C)(C)c1cc2c(O)c(c1)Cc1cc(C(C)(C)C)cc3c1OCC(=O)NCCNC(=O)COc1c4cc(C(C)(C)C)cc1Cc1cc(C(C)(C)C)cc(c1OCCOCCOCCOc1c(cc(C(C)(C)C)cc1Cc1cc(C(C)(C)C)cc(c1O)C4)C2)C3. The fourth-order valence-corrected chi connectivity index (χ4v) is 12.2. The van der Waals surface area contributed by atoms with Gasteiger partial charge in [-0.25, -0.2) is 0 Å². The van der Waals surface area contributed by atoms with E-state index in [1.54, 1.807) is 0 Å². The van der Waals surface area contributed by atoms with Crippen LogP contribution in [-0.4, -0.2) is 88.0 Å². The molecular weight excluding hydrogens is 1120 g/mol. The highest BCUT2D eigenvalue weighted by molar-refractivity contribution is 5.79. The second-order valence-corrected chi connectivity index (χ2v) is 31.5. The van der Waals surface area contributed by atoms with Gasteiger partial charge in [-0.2, -0.15) is 0 Å². The van der Waals surface area contributed by atoms with Gasteiger partial charge in [0.25, 0.3) is 11.8 Å². The minimum Gasteiger partial charge on any atom is -0.507 e. The van der Waals surface area contributed by atoms with E-state index in [2.05, 4.69) is 208 Å². The van der Waals surface area contributed by atoms with E-state index in [0.29, 0.717) is 79.6 Å². The molecule has 0 aliphatic carbocycles. The van der Waals surface area contributed by atoms with Crippen molar-refractivity contribution in [2.45, 2.75) is 196 Å². The lowest BCUT2D eigenvalue weighted by Gasteiger charge is -2.28. The Morgan fingerprint density at radius 1 is 0.289 bits per heavy atom. The third-order valence-electron chi connectivity index (χ3n) is 17.8. The Labute approximate surface area is 537 Å². The van der Waals surface area contributed by atoms with Crippen molar-refractivity contribution in [3.63, 3.8) is 0 Å². The highest BCUT2D eigenvalue weighted by Gasteiger charge is 2.32. The van der Waals surface area contributed by atoms with E-state index in [4.69, 9.17) is 28.4 Å². The van der Waals surface area contributed by atoms with Gasteiger partial charge in [-0.3, -0.25) is 9.59 Å². The van der Waals surface area contributed by atoms with E-state index in [0.717, 1.165) is 89.0 Å². The van der Waals surface area contributed by atoms with Crippen LogP contribution in [0.25, 0.3) is 0 Å². The number of ether oxygens (including phenoxy) is 6. The Morgan fingerprint density at radius 3 is 0.700 bits per heavy atom. The second kappa shape index (κ2) is 26.3. The maximum absolute atomic E-state index is 14.1. The number of aromatic hydroxyl groups is 2. The number of rotatable bonds is 0. The second-order valence-electron chi connectivity index (χ2n) is 31.5. The molecule has 6 aromatic rings. The molecule has 0 fully saturated rings. The van der Waals surface area contributed by atoms with Crippen LogP contribution in [0.5, 0.6) is 34.5 Å². The summed E-state index contributed by atoms with van der Waals surface area (Å²) in [6, 6.07) is 26.3. The molecule has 90 heavy (non-hydrogen) atoms. The molecule has 0 spiro atoms. The average molecular weight is 1230 g/mol. The van der Waals surface area contributed by atoms with Gasteiger partial charge in [-0.15, -0.1) is 0 Å². The number of fused-ring (bicyclic) bond motifs is 13. The van der Waals surface area contributed by atoms with Crippen molar-refractivity contribution in [2.24, 2.45) is 0 Å². The van der Waals surface area contributed by atoms with E-state index in [1.807, 2.05) is 0 Å². The fraction of sp³-hybridized carbons (Fsp3) is 0.513. The Morgan fingerprint density at radius 2 is 0.478 bits per heavy atom. The molecule has 484 valence electrons. The molecule has 0 aromatic heterocycles. The van der Waals surface area contributed by atoms with Crippen molar-refractivity contribution < 1.29 is 48.2 Å². The Kier molecular flexibility index (Phi) is 19.7. The predicted molar refractivity (Wildman–Crippen MR) is 361 cm³/mol. The van der Waals surface area contributed by atoms with Crippen LogP contribution in [-0.2, 0) is 90.1 Å². The van der Waals surface area contributed by atoms with Gasteiger partial charge in [-0.1, -0.05) is 197 Å². The minimum absolute atomic E-state index is 0.154. The van der Waals surface area contributed by atoms with Crippen molar-refractivity contribution in [1.29, 1.82) is 0 Å². The number of benzene rings is 6. The molecule has 0 unspecified atom stereocenters. The number of amides is 2. The number of carbonyl (C=O) groups is 2. The molecule has 12 nitrogen and oxygen atoms in total. The zero-order valence-corrected chi connectivity index (χ0v) is 57.4. The van der Waals surface area contributed by atoms with E-state index in [9.17, 15) is 19.8 Å². The highest BCUT2D eigenvalue weighted by Crippen LogP contribution is 2.46. The summed E-state index contributed by atoms with van der Waals surface area (Å²) >= 11 is 0. The van der Waals surface area contributed by atoms with Crippen molar-refractivity contribution in [2.75, 3.05) is 65.9 Å². The van der Waals surface area contributed by atoms with Crippen LogP contribution >= 0.6 is 0 Å². The minimum atomic E-state index is -0.354. The van der Waals surface area contributed by atoms with Crippen molar-refractivity contribution in [3.05, 3.63) is 173 Å². The smallest absolute Gasteiger partial charge is 0.258 e. The van der Waals surface area contributed by atoms with Crippen molar-refractivity contribution in [3.8, 4) is 34.5 Å². The molecule has 12 heteroatoms. The molecule has 3 aliphatic rings. The van der Waals surface area contributed by atoms with E-state index < -0.39 is 0 Å². The van der Waals surface area contributed by atoms with Gasteiger partial charge in [-0.05, 0) is 133 Å². The van der Waals surface area contributed by atoms with Crippen LogP contribution in [0.1, 0.15) is 225 Å². The lowest BCUT2D eigenvalue weighted by Crippen LogP contribution is -2.38. The number of hydrogen-bond acceptors (Lipinski definition) is 10. The summed E-state index contributed by atoms with van der Waals surface area (Å²) in [5.74, 6) is 2.07. The van der Waals surface area contributed by atoms with E-state index in [-0.39, 0.29) is 115 Å². The standard InChI is InChI=1S/C78H102N2O10/c1-73(2,3)59-33-47-27-51-37-61(75(7,8)9)38-52-28-48-34-60(74(4,5)6)36-50(68(48)84)30-54-40-63(77(13,14)15)44-58-32-56-42-64(78(16,17)18)41-55(70(56)88-26-24-86-22-21-85-23-25-87-69(51)52)31-57-43-62(76(10,11)12)39-53(29-49(35-59)67(47)83)71(57)89-45-65(81)79-19-20-80-66(82)46-90-72(54)58/h33-44,83-84H,19-32,45-46H2,1-18H3,(H,79,81)(H,80,82). The average Bonchev–Trinajstić information content (AvgIpc) is 1.24. The zero-order valence-electron chi connectivity index (χ0n) is 57.4. The third kappa shape index (κ3) is 16.2. The number of hydrogen-bond donors (Lipinski definition) is 4. The van der Waals surface area contributed by atoms with Gasteiger partial charge in [0.1, 0.15) is 47.7 Å². The number of carbonyl (C=O) groups excluding carboxylic acids is 2. The van der Waals surface area contributed by atoms with Crippen LogP contribution in [0.3, 0.4) is 0 Å². The number of phenolic OH excluding ortho intramolecular Hbond substituents is 2. The topological polar surface area (TPSA) is 154 Å². The molecule has 0 radical (unpaired) electrons. The molecule has 14 bridgehead atoms. The van der Waals surface area contributed by atoms with Gasteiger partial charge in [0.2, 0.25) is 0 Å². The summed E-state index contributed by atoms with van der Waals surface area (Å²) in [5, 5.41) is 32.3. The summed E-state index contributed by atoms with van der Waals surface area (Å²) in [5.41, 5.74) is 14.2. The molecule has 0 saturated heterocycles. The molecule has 6 aromatic carbocycles. The lowest BCUT2D eigenvalue weighted by atomic mass is 9.79. The van der Waals surface area contributed by atoms with Crippen molar-refractivity contribution >= 4 is 11.8 Å². The molecule has 3 aliphatic heterocycles. The first-order valence-electron chi connectivity index (χ1n) is 32.6. The fourth-order valence-electron chi connectivity index (χ4n) is 12.2. The first kappa shape index (κ1) is 67.4. The molecule has 4 N–H and O–H groups in total. The normalized spacial score (nSPS) is 16.4. The Balaban J connectivity index is 1.47. The number of nitrogens with one attached hydrogen (secondary N) is 2. The van der Waals surface area contributed by atoms with Crippen LogP contribution in [0.2, 0.25) is 0 Å². The van der Waals surface area contributed by atoms with Gasteiger partial charge in [0.05, 0.1) is 26.4 Å². The summed E-state index contributed by atoms with van der Waals surface area (Å²) in [4.78, 5) is 28.2. The predicted octanol–water partition coefficient (Wildman–Crippen LogP) is 14.5. The zero-order chi connectivity index (χ0) is 65.5. The largest absolute Gasteiger partial charge is 0.507 e. The van der Waals surface area contributed by atoms with Crippen molar-refractivity contribution in [1.82, 2.24) is 10.6 Å². The van der Waals surface area contributed by atoms with Gasteiger partial charge < -0.3 is 49.3 Å². The summed E-state index contributed by atoms with van der Waals surface area (Å²) < 4.78 is 40.7.